The van der Waals surface area contributed by atoms with Crippen LogP contribution in [-0.2, 0) is 14.8 Å². The minimum Gasteiger partial charge on any atom is -0.477 e. The van der Waals surface area contributed by atoms with Crippen LogP contribution in [0.3, 0.4) is 0 Å². The number of amides is 1. The van der Waals surface area contributed by atoms with Crippen LogP contribution >= 0.6 is 11.3 Å². The van der Waals surface area contributed by atoms with Crippen molar-refractivity contribution >= 4 is 49.0 Å². The summed E-state index contributed by atoms with van der Waals surface area (Å²) in [6.45, 7) is 0.699. The van der Waals surface area contributed by atoms with E-state index in [1.165, 1.54) is 21.9 Å². The van der Waals surface area contributed by atoms with Crippen molar-refractivity contribution < 1.29 is 23.1 Å². The quantitative estimate of drug-likeness (QED) is 0.844. The van der Waals surface area contributed by atoms with Crippen molar-refractivity contribution in [3.63, 3.8) is 0 Å². The molecule has 1 aromatic carbocycles. The Morgan fingerprint density at radius 3 is 2.52 bits per heavy atom. The molecule has 1 saturated heterocycles. The highest BCUT2D eigenvalue weighted by molar-refractivity contribution is 7.88. The fourth-order valence-corrected chi connectivity index (χ4v) is 4.68. The summed E-state index contributed by atoms with van der Waals surface area (Å²) in [6, 6.07) is 6.87. The van der Waals surface area contributed by atoms with Gasteiger partial charge in [0.15, 0.2) is 0 Å². The fraction of sp³-hybridized carbons (Fsp3) is 0.375. The number of carboxylic acids is 1. The van der Waals surface area contributed by atoms with Crippen molar-refractivity contribution in [1.29, 1.82) is 0 Å². The minimum absolute atomic E-state index is 0.138. The number of hydrogen-bond donors (Lipinski definition) is 2. The predicted octanol–water partition coefficient (Wildman–Crippen LogP) is 2.21. The van der Waals surface area contributed by atoms with E-state index >= 15 is 0 Å². The lowest BCUT2D eigenvalue weighted by Gasteiger charge is -2.29. The van der Waals surface area contributed by atoms with Gasteiger partial charge in [0, 0.05) is 29.4 Å². The lowest BCUT2D eigenvalue weighted by atomic mass is 9.97. The molecule has 0 aliphatic carbocycles. The molecular formula is C16H18N2O5S2. The van der Waals surface area contributed by atoms with Crippen LogP contribution < -0.4 is 5.32 Å². The number of hydrogen-bond acceptors (Lipinski definition) is 5. The van der Waals surface area contributed by atoms with E-state index < -0.39 is 16.0 Å². The second-order valence-electron chi connectivity index (χ2n) is 6.09. The number of sulfonamides is 1. The van der Waals surface area contributed by atoms with Crippen molar-refractivity contribution in [3.05, 3.63) is 29.1 Å². The van der Waals surface area contributed by atoms with Gasteiger partial charge in [-0.25, -0.2) is 17.5 Å². The summed E-state index contributed by atoms with van der Waals surface area (Å²) in [4.78, 5) is 23.7. The summed E-state index contributed by atoms with van der Waals surface area (Å²) in [6.07, 6.45) is 2.15. The van der Waals surface area contributed by atoms with Gasteiger partial charge in [0.25, 0.3) is 0 Å². The number of aromatic carboxylic acids is 1. The number of nitrogens with one attached hydrogen (secondary N) is 1. The number of anilines is 1. The predicted molar refractivity (Wildman–Crippen MR) is 96.6 cm³/mol. The maximum atomic E-state index is 12.4. The molecule has 3 rings (SSSR count). The highest BCUT2D eigenvalue weighted by atomic mass is 32.2. The number of carbonyl (C=O) groups is 2. The molecule has 9 heteroatoms. The lowest BCUT2D eigenvalue weighted by molar-refractivity contribution is -0.120. The number of nitrogens with zero attached hydrogens (tertiary/aromatic N) is 1. The maximum Gasteiger partial charge on any atom is 0.345 e. The van der Waals surface area contributed by atoms with Crippen LogP contribution in [0.1, 0.15) is 22.5 Å². The van der Waals surface area contributed by atoms with E-state index in [2.05, 4.69) is 5.32 Å². The zero-order valence-electron chi connectivity index (χ0n) is 13.6. The summed E-state index contributed by atoms with van der Waals surface area (Å²) < 4.78 is 25.3. The number of carbonyl (C=O) groups excluding carboxylic acids is 1. The molecular weight excluding hydrogens is 364 g/mol. The molecule has 1 aromatic heterocycles. The van der Waals surface area contributed by atoms with Crippen LogP contribution in [0, 0.1) is 5.92 Å². The van der Waals surface area contributed by atoms with E-state index in [1.54, 1.807) is 24.3 Å². The average molecular weight is 382 g/mol. The van der Waals surface area contributed by atoms with Crippen molar-refractivity contribution in [2.45, 2.75) is 12.8 Å². The Balaban J connectivity index is 1.67. The van der Waals surface area contributed by atoms with Gasteiger partial charge >= 0.3 is 5.97 Å². The van der Waals surface area contributed by atoms with Gasteiger partial charge in [-0.2, -0.15) is 0 Å². The molecule has 0 unspecified atom stereocenters. The van der Waals surface area contributed by atoms with E-state index in [0.717, 1.165) is 10.1 Å². The van der Waals surface area contributed by atoms with Gasteiger partial charge in [-0.1, -0.05) is 0 Å². The van der Waals surface area contributed by atoms with E-state index in [-0.39, 0.29) is 16.7 Å². The molecule has 134 valence electrons. The Bertz CT molecular complexity index is 927. The van der Waals surface area contributed by atoms with Gasteiger partial charge in [-0.15, -0.1) is 11.3 Å². The van der Waals surface area contributed by atoms with Crippen LogP contribution in [0.2, 0.25) is 0 Å². The maximum absolute atomic E-state index is 12.4. The van der Waals surface area contributed by atoms with E-state index in [0.29, 0.717) is 31.6 Å². The molecule has 0 bridgehead atoms. The summed E-state index contributed by atoms with van der Waals surface area (Å²) in [5.74, 6) is -1.34. The molecule has 0 atom stereocenters. The SMILES string of the molecule is CS(=O)(=O)N1CCC(C(=O)Nc2ccc3sc(C(=O)O)cc3c2)CC1. The summed E-state index contributed by atoms with van der Waals surface area (Å²) in [5, 5.41) is 12.7. The first kappa shape index (κ1) is 17.8. The van der Waals surface area contributed by atoms with E-state index in [4.69, 9.17) is 5.11 Å². The Morgan fingerprint density at radius 2 is 1.92 bits per heavy atom. The Kier molecular flexibility index (Phi) is 4.81. The first-order valence-electron chi connectivity index (χ1n) is 7.77. The van der Waals surface area contributed by atoms with Crippen LogP contribution in [0.4, 0.5) is 5.69 Å². The molecule has 1 aliphatic rings. The highest BCUT2D eigenvalue weighted by Crippen LogP contribution is 2.29. The van der Waals surface area contributed by atoms with E-state index in [9.17, 15) is 18.0 Å². The lowest BCUT2D eigenvalue weighted by Crippen LogP contribution is -2.40. The third-order valence-electron chi connectivity index (χ3n) is 4.29. The Morgan fingerprint density at radius 1 is 1.24 bits per heavy atom. The third kappa shape index (κ3) is 4.00. The van der Waals surface area contributed by atoms with Crippen LogP contribution in [0.15, 0.2) is 24.3 Å². The molecule has 1 amide bonds. The summed E-state index contributed by atoms with van der Waals surface area (Å²) >= 11 is 1.19. The van der Waals surface area contributed by atoms with Crippen LogP contribution in [-0.4, -0.2) is 49.1 Å². The second kappa shape index (κ2) is 6.74. The number of fused-ring (bicyclic) bond motifs is 1. The molecule has 1 fully saturated rings. The molecule has 0 spiro atoms. The summed E-state index contributed by atoms with van der Waals surface area (Å²) in [7, 11) is -3.21. The Labute approximate surface area is 149 Å². The van der Waals surface area contributed by atoms with Gasteiger partial charge in [0.2, 0.25) is 15.9 Å². The summed E-state index contributed by atoms with van der Waals surface area (Å²) in [5.41, 5.74) is 0.609. The van der Waals surface area contributed by atoms with E-state index in [1.807, 2.05) is 0 Å². The molecule has 25 heavy (non-hydrogen) atoms. The average Bonchev–Trinajstić information content (AvgIpc) is 2.98. The van der Waals surface area contributed by atoms with Gasteiger partial charge in [0.05, 0.1) is 6.26 Å². The standard InChI is InChI=1S/C16H18N2O5S2/c1-25(22,23)18-6-4-10(5-7-18)15(19)17-12-2-3-13-11(8-12)9-14(24-13)16(20)21/h2-3,8-10H,4-7H2,1H3,(H,17,19)(H,20,21). The Hall–Kier alpha value is -1.97. The third-order valence-corrected chi connectivity index (χ3v) is 6.70. The fourth-order valence-electron chi connectivity index (χ4n) is 2.92. The monoisotopic (exact) mass is 382 g/mol. The van der Waals surface area contributed by atoms with Crippen molar-refractivity contribution in [1.82, 2.24) is 4.31 Å². The number of carboxylic acid groups (broad SMARTS) is 1. The molecule has 2 heterocycles. The second-order valence-corrected chi connectivity index (χ2v) is 9.16. The normalized spacial score (nSPS) is 16.8. The van der Waals surface area contributed by atoms with Gasteiger partial charge < -0.3 is 10.4 Å². The zero-order chi connectivity index (χ0) is 18.2. The molecule has 7 nitrogen and oxygen atoms in total. The van der Waals surface area contributed by atoms with Crippen molar-refractivity contribution in [2.24, 2.45) is 5.92 Å². The largest absolute Gasteiger partial charge is 0.477 e. The smallest absolute Gasteiger partial charge is 0.345 e. The van der Waals surface area contributed by atoms with Crippen molar-refractivity contribution in [2.75, 3.05) is 24.7 Å². The van der Waals surface area contributed by atoms with Crippen molar-refractivity contribution in [3.8, 4) is 0 Å². The van der Waals surface area contributed by atoms with Crippen LogP contribution in [0.5, 0.6) is 0 Å². The molecule has 0 saturated carbocycles. The number of rotatable bonds is 4. The number of benzene rings is 1. The van der Waals surface area contributed by atoms with Gasteiger partial charge in [-0.3, -0.25) is 4.79 Å². The minimum atomic E-state index is -3.21. The topological polar surface area (TPSA) is 104 Å². The number of thiophene rings is 1. The highest BCUT2D eigenvalue weighted by Gasteiger charge is 2.28. The molecule has 0 radical (unpaired) electrons. The molecule has 2 N–H and O–H groups in total. The van der Waals surface area contributed by atoms with Crippen LogP contribution in [0.25, 0.3) is 10.1 Å². The zero-order valence-corrected chi connectivity index (χ0v) is 15.2. The first-order chi connectivity index (χ1) is 11.7. The molecule has 2 aromatic rings. The number of piperidine rings is 1. The van der Waals surface area contributed by atoms with Gasteiger partial charge in [-0.05, 0) is 42.5 Å². The van der Waals surface area contributed by atoms with Gasteiger partial charge in [0.1, 0.15) is 4.88 Å². The molecule has 1 aliphatic heterocycles. The first-order valence-corrected chi connectivity index (χ1v) is 10.4.